The number of ketones is 1. The van der Waals surface area contributed by atoms with Crippen LogP contribution in [0.3, 0.4) is 0 Å². The molecule has 2 aromatic carbocycles. The maximum atomic E-state index is 16.2. The van der Waals surface area contributed by atoms with Crippen LogP contribution >= 0.6 is 0 Å². The number of carbonyl (C=O) groups is 1. The lowest BCUT2D eigenvalue weighted by molar-refractivity contribution is -0.0521. The predicted molar refractivity (Wildman–Crippen MR) is 130 cm³/mol. The molecular formula is C27H18F3N5O4. The van der Waals surface area contributed by atoms with Gasteiger partial charge in [-0.15, -0.1) is 0 Å². The lowest BCUT2D eigenvalue weighted by Crippen LogP contribution is -2.20. The minimum atomic E-state index is -3.35. The molecule has 2 bridgehead atoms. The van der Waals surface area contributed by atoms with Gasteiger partial charge in [0.15, 0.2) is 29.3 Å². The van der Waals surface area contributed by atoms with Crippen LogP contribution in [0.5, 0.6) is 5.75 Å². The standard InChI is InChI=1S/C27H18F3N5O4/c1-12(36)24(37)25-32-9-7-15(33-25)22-21-13(10-19(23(22)28)39-27(29)30)18(6-8-31)38-20-11-17(21)35-16-5-3-2-4-14(16)34-26(20)35/h2-7,9-10,12,17,20,27,36H,11H2,1H3/b18-6+/t12?,17-,20-/m1/s1. The van der Waals surface area contributed by atoms with Crippen LogP contribution in [0.4, 0.5) is 13.2 Å². The summed E-state index contributed by atoms with van der Waals surface area (Å²) in [6, 6.07) is 11.0. The molecule has 2 aliphatic heterocycles. The van der Waals surface area contributed by atoms with Gasteiger partial charge in [0.1, 0.15) is 11.9 Å². The number of ether oxygens (including phenoxy) is 2. The number of hydrogen-bond acceptors (Lipinski definition) is 8. The molecule has 3 atom stereocenters. The third-order valence-corrected chi connectivity index (χ3v) is 6.72. The largest absolute Gasteiger partial charge is 0.481 e. The summed E-state index contributed by atoms with van der Waals surface area (Å²) in [5.74, 6) is -2.54. The van der Waals surface area contributed by atoms with Gasteiger partial charge in [0, 0.05) is 23.7 Å². The molecule has 0 fully saturated rings. The van der Waals surface area contributed by atoms with Crippen molar-refractivity contribution in [3.8, 4) is 23.1 Å². The van der Waals surface area contributed by atoms with Crippen molar-refractivity contribution >= 4 is 22.6 Å². The summed E-state index contributed by atoms with van der Waals surface area (Å²) >= 11 is 0. The van der Waals surface area contributed by atoms with Crippen LogP contribution in [0, 0.1) is 17.1 Å². The van der Waals surface area contributed by atoms with Gasteiger partial charge in [0.2, 0.25) is 5.78 Å². The number of nitrogens with zero attached hydrogens (tertiary/aromatic N) is 5. The van der Waals surface area contributed by atoms with Gasteiger partial charge in [0.25, 0.3) is 0 Å². The second-order valence-corrected chi connectivity index (χ2v) is 9.03. The molecule has 2 aromatic heterocycles. The average Bonchev–Trinajstić information content (AvgIpc) is 3.41. The average molecular weight is 533 g/mol. The highest BCUT2D eigenvalue weighted by Gasteiger charge is 2.44. The molecule has 4 heterocycles. The molecule has 0 saturated heterocycles. The quantitative estimate of drug-likeness (QED) is 0.289. The van der Waals surface area contributed by atoms with E-state index in [2.05, 4.69) is 14.7 Å². The van der Waals surface area contributed by atoms with E-state index in [1.165, 1.54) is 19.2 Å². The first-order valence-corrected chi connectivity index (χ1v) is 11.9. The number of fused-ring (bicyclic) bond motifs is 9. The third kappa shape index (κ3) is 3.90. The molecule has 0 saturated carbocycles. The molecule has 4 aromatic rings. The van der Waals surface area contributed by atoms with Crippen LogP contribution in [-0.2, 0) is 4.74 Å². The topological polar surface area (TPSA) is 123 Å². The Hall–Kier alpha value is -4.76. The third-order valence-electron chi connectivity index (χ3n) is 6.72. The fourth-order valence-electron chi connectivity index (χ4n) is 5.20. The van der Waals surface area contributed by atoms with Gasteiger partial charge >= 0.3 is 6.61 Å². The normalized spacial score (nSPS) is 19.3. The van der Waals surface area contributed by atoms with Crippen LogP contribution in [0.25, 0.3) is 28.0 Å². The van der Waals surface area contributed by atoms with Crippen LogP contribution in [0.2, 0.25) is 0 Å². The Morgan fingerprint density at radius 2 is 2.10 bits per heavy atom. The van der Waals surface area contributed by atoms with E-state index in [-0.39, 0.29) is 34.0 Å². The van der Waals surface area contributed by atoms with E-state index < -0.39 is 42.2 Å². The molecule has 196 valence electrons. The number of halogens is 3. The van der Waals surface area contributed by atoms with E-state index >= 15 is 4.39 Å². The van der Waals surface area contributed by atoms with E-state index in [9.17, 15) is 23.9 Å². The first-order chi connectivity index (χ1) is 18.8. The molecule has 6 rings (SSSR count). The monoisotopic (exact) mass is 533 g/mol. The van der Waals surface area contributed by atoms with Gasteiger partial charge in [-0.25, -0.2) is 19.3 Å². The van der Waals surface area contributed by atoms with Crippen molar-refractivity contribution in [3.05, 3.63) is 77.3 Å². The Labute approximate surface area is 218 Å². The first kappa shape index (κ1) is 24.6. The molecule has 39 heavy (non-hydrogen) atoms. The number of Topliss-reactive ketones (excluding diaryl/α,β-unsaturated/α-hetero) is 1. The number of aromatic nitrogens is 4. The molecular weight excluding hydrogens is 515 g/mol. The predicted octanol–water partition coefficient (Wildman–Crippen LogP) is 4.73. The van der Waals surface area contributed by atoms with Crippen molar-refractivity contribution in [2.75, 3.05) is 0 Å². The smallest absolute Gasteiger partial charge is 0.387 e. The zero-order chi connectivity index (χ0) is 27.4. The molecule has 0 radical (unpaired) electrons. The molecule has 9 nitrogen and oxygen atoms in total. The lowest BCUT2D eigenvalue weighted by atomic mass is 9.90. The minimum Gasteiger partial charge on any atom is -0.481 e. The van der Waals surface area contributed by atoms with E-state index in [1.54, 1.807) is 0 Å². The second-order valence-electron chi connectivity index (χ2n) is 9.03. The zero-order valence-corrected chi connectivity index (χ0v) is 20.2. The molecule has 1 unspecified atom stereocenters. The highest BCUT2D eigenvalue weighted by molar-refractivity contribution is 5.96. The van der Waals surface area contributed by atoms with Crippen molar-refractivity contribution in [1.82, 2.24) is 19.5 Å². The first-order valence-electron chi connectivity index (χ1n) is 11.9. The molecule has 12 heteroatoms. The number of aliphatic hydroxyl groups excluding tert-OH is 1. The van der Waals surface area contributed by atoms with Gasteiger partial charge in [-0.2, -0.15) is 14.0 Å². The summed E-state index contributed by atoms with van der Waals surface area (Å²) in [6.45, 7) is -2.11. The number of rotatable bonds is 5. The van der Waals surface area contributed by atoms with Gasteiger partial charge in [-0.1, -0.05) is 12.1 Å². The van der Waals surface area contributed by atoms with Gasteiger partial charge < -0.3 is 19.1 Å². The Morgan fingerprint density at radius 3 is 2.85 bits per heavy atom. The van der Waals surface area contributed by atoms with Crippen LogP contribution in [0.15, 0.2) is 48.7 Å². The van der Waals surface area contributed by atoms with Crippen molar-refractivity contribution in [2.24, 2.45) is 0 Å². The summed E-state index contributed by atoms with van der Waals surface area (Å²) in [5, 5.41) is 19.2. The summed E-state index contributed by atoms with van der Waals surface area (Å²) in [4.78, 5) is 25.2. The molecule has 0 spiro atoms. The molecule has 2 aliphatic rings. The summed E-state index contributed by atoms with van der Waals surface area (Å²) < 4.78 is 55.4. The number of allylic oxidation sites excluding steroid dienone is 1. The second kappa shape index (κ2) is 9.21. The minimum absolute atomic E-state index is 0.0213. The van der Waals surface area contributed by atoms with Gasteiger partial charge in [-0.3, -0.25) is 4.79 Å². The number of carbonyl (C=O) groups excluding carboxylic acids is 1. The van der Waals surface area contributed by atoms with Gasteiger partial charge in [-0.05, 0) is 36.8 Å². The SMILES string of the molecule is CC(O)C(=O)c1nccc(-c2c(F)c(OC(F)F)cc3c2[C@H]2C[C@@H](O/C3=C/C#N)c3nc4ccccc4n32)n1. The van der Waals surface area contributed by atoms with Gasteiger partial charge in [0.05, 0.1) is 34.9 Å². The van der Waals surface area contributed by atoms with Crippen LogP contribution in [-0.4, -0.2) is 43.1 Å². The maximum Gasteiger partial charge on any atom is 0.387 e. The Morgan fingerprint density at radius 1 is 1.31 bits per heavy atom. The summed E-state index contributed by atoms with van der Waals surface area (Å²) in [5.41, 5.74) is 1.53. The van der Waals surface area contributed by atoms with Crippen molar-refractivity contribution in [2.45, 2.75) is 38.2 Å². The number of para-hydroxylation sites is 2. The van der Waals surface area contributed by atoms with E-state index in [0.717, 1.165) is 17.7 Å². The number of benzene rings is 2. The van der Waals surface area contributed by atoms with Crippen molar-refractivity contribution < 1.29 is 32.5 Å². The van der Waals surface area contributed by atoms with Crippen LogP contribution < -0.4 is 4.74 Å². The number of imidazole rings is 1. The molecule has 0 aliphatic carbocycles. The zero-order valence-electron chi connectivity index (χ0n) is 20.2. The Balaban J connectivity index is 1.70. The Bertz CT molecular complexity index is 1730. The maximum absolute atomic E-state index is 16.2. The summed E-state index contributed by atoms with van der Waals surface area (Å²) in [6.07, 6.45) is 0.559. The number of nitriles is 1. The highest BCUT2D eigenvalue weighted by atomic mass is 19.3. The van der Waals surface area contributed by atoms with E-state index in [1.807, 2.05) is 34.9 Å². The highest BCUT2D eigenvalue weighted by Crippen LogP contribution is 2.53. The van der Waals surface area contributed by atoms with Crippen molar-refractivity contribution in [1.29, 1.82) is 5.26 Å². The number of alkyl halides is 2. The fourth-order valence-corrected chi connectivity index (χ4v) is 5.20. The summed E-state index contributed by atoms with van der Waals surface area (Å²) in [7, 11) is 0. The van der Waals surface area contributed by atoms with E-state index in [0.29, 0.717) is 17.8 Å². The number of hydrogen-bond donors (Lipinski definition) is 1. The molecule has 1 N–H and O–H groups in total. The lowest BCUT2D eigenvalue weighted by Gasteiger charge is -2.24. The number of aliphatic hydroxyl groups is 1. The molecule has 0 amide bonds. The Kier molecular flexibility index (Phi) is 5.80. The fraction of sp³-hybridized carbons (Fsp3) is 0.222. The van der Waals surface area contributed by atoms with Crippen LogP contribution in [0.1, 0.15) is 53.1 Å². The van der Waals surface area contributed by atoms with E-state index in [4.69, 9.17) is 9.72 Å². The van der Waals surface area contributed by atoms with Crippen molar-refractivity contribution in [3.63, 3.8) is 0 Å².